The van der Waals surface area contributed by atoms with Gasteiger partial charge in [0.1, 0.15) is 0 Å². The molecule has 92 valence electrons. The first-order valence-corrected chi connectivity index (χ1v) is 6.32. The Hall–Kier alpha value is -0.830. The fourth-order valence-electron chi connectivity index (χ4n) is 2.05. The van der Waals surface area contributed by atoms with E-state index in [1.807, 2.05) is 4.90 Å². The molecule has 1 aliphatic rings. The highest BCUT2D eigenvalue weighted by molar-refractivity contribution is 5.78. The summed E-state index contributed by atoms with van der Waals surface area (Å²) in [5, 5.41) is 3.31. The fraction of sp³-hybridized carbons (Fsp3) is 0.769. The highest BCUT2D eigenvalue weighted by atomic mass is 16.2. The maximum Gasteiger partial charge on any atom is 0.223 e. The molecule has 0 aromatic carbocycles. The number of hydrogen-bond donors (Lipinski definition) is 1. The summed E-state index contributed by atoms with van der Waals surface area (Å²) in [4.78, 5) is 13.6. The molecular weight excluding hydrogens is 200 g/mol. The number of rotatable bonds is 7. The summed E-state index contributed by atoms with van der Waals surface area (Å²) in [6, 6.07) is 0. The first kappa shape index (κ1) is 13.2. The van der Waals surface area contributed by atoms with Gasteiger partial charge in [0.05, 0.1) is 0 Å². The standard InChI is InChI=1S/C13H24N2O/c1-4-6-14-8-11(3)9-15-10-12(5-2)7-13(15)16/h12,14H,3-10H2,1-2H3. The third-order valence-corrected chi connectivity index (χ3v) is 3.09. The molecule has 0 aromatic rings. The molecular formula is C13H24N2O. The van der Waals surface area contributed by atoms with Crippen molar-refractivity contribution in [2.45, 2.75) is 33.1 Å². The summed E-state index contributed by atoms with van der Waals surface area (Å²) in [7, 11) is 0. The van der Waals surface area contributed by atoms with Gasteiger partial charge in [-0.3, -0.25) is 4.79 Å². The van der Waals surface area contributed by atoms with Crippen LogP contribution in [0.15, 0.2) is 12.2 Å². The van der Waals surface area contributed by atoms with Crippen molar-refractivity contribution in [2.24, 2.45) is 5.92 Å². The van der Waals surface area contributed by atoms with Crippen LogP contribution in [0.5, 0.6) is 0 Å². The first-order chi connectivity index (χ1) is 7.67. The van der Waals surface area contributed by atoms with Crippen LogP contribution in [0.1, 0.15) is 33.1 Å². The van der Waals surface area contributed by atoms with Gasteiger partial charge >= 0.3 is 0 Å². The maximum absolute atomic E-state index is 11.7. The third kappa shape index (κ3) is 3.97. The van der Waals surface area contributed by atoms with Crippen molar-refractivity contribution in [3.8, 4) is 0 Å². The van der Waals surface area contributed by atoms with Gasteiger partial charge in [-0.05, 0) is 24.5 Å². The maximum atomic E-state index is 11.7. The van der Waals surface area contributed by atoms with Crippen LogP contribution in [-0.4, -0.2) is 37.0 Å². The minimum atomic E-state index is 0.295. The van der Waals surface area contributed by atoms with Crippen molar-refractivity contribution in [1.82, 2.24) is 10.2 Å². The summed E-state index contributed by atoms with van der Waals surface area (Å²) in [6.07, 6.45) is 2.96. The lowest BCUT2D eigenvalue weighted by molar-refractivity contribution is -0.127. The second-order valence-electron chi connectivity index (χ2n) is 4.68. The minimum absolute atomic E-state index is 0.295. The SMILES string of the molecule is C=C(CNCCC)CN1CC(CC)CC1=O. The third-order valence-electron chi connectivity index (χ3n) is 3.09. The molecule has 1 saturated heterocycles. The van der Waals surface area contributed by atoms with E-state index in [2.05, 4.69) is 25.7 Å². The van der Waals surface area contributed by atoms with Crippen molar-refractivity contribution in [3.05, 3.63) is 12.2 Å². The highest BCUT2D eigenvalue weighted by Gasteiger charge is 2.27. The lowest BCUT2D eigenvalue weighted by atomic mass is 10.1. The molecule has 1 aliphatic heterocycles. The summed E-state index contributed by atoms with van der Waals surface area (Å²) in [5.74, 6) is 0.854. The molecule has 1 amide bonds. The quantitative estimate of drug-likeness (QED) is 0.528. The molecule has 0 spiro atoms. The topological polar surface area (TPSA) is 32.3 Å². The molecule has 0 aromatic heterocycles. The Morgan fingerprint density at radius 2 is 2.31 bits per heavy atom. The number of amides is 1. The summed E-state index contributed by atoms with van der Waals surface area (Å²) < 4.78 is 0. The Morgan fingerprint density at radius 3 is 2.88 bits per heavy atom. The van der Waals surface area contributed by atoms with Crippen LogP contribution in [0.4, 0.5) is 0 Å². The molecule has 16 heavy (non-hydrogen) atoms. The second-order valence-corrected chi connectivity index (χ2v) is 4.68. The highest BCUT2D eigenvalue weighted by Crippen LogP contribution is 2.20. The van der Waals surface area contributed by atoms with E-state index in [1.165, 1.54) is 0 Å². The van der Waals surface area contributed by atoms with E-state index >= 15 is 0 Å². The molecule has 1 heterocycles. The fourth-order valence-corrected chi connectivity index (χ4v) is 2.05. The second kappa shape index (κ2) is 6.69. The Labute approximate surface area is 98.9 Å². The van der Waals surface area contributed by atoms with E-state index in [4.69, 9.17) is 0 Å². The van der Waals surface area contributed by atoms with Crippen LogP contribution in [0.25, 0.3) is 0 Å². The molecule has 3 heteroatoms. The Bertz CT molecular complexity index is 250. The molecule has 3 nitrogen and oxygen atoms in total. The van der Waals surface area contributed by atoms with Crippen molar-refractivity contribution in [2.75, 3.05) is 26.2 Å². The Balaban J connectivity index is 2.26. The largest absolute Gasteiger partial charge is 0.338 e. The lowest BCUT2D eigenvalue weighted by Crippen LogP contribution is -2.30. The normalized spacial score (nSPS) is 20.5. The van der Waals surface area contributed by atoms with Crippen molar-refractivity contribution < 1.29 is 4.79 Å². The van der Waals surface area contributed by atoms with Crippen LogP contribution >= 0.6 is 0 Å². The number of nitrogens with zero attached hydrogens (tertiary/aromatic N) is 1. The zero-order valence-electron chi connectivity index (χ0n) is 10.6. The summed E-state index contributed by atoms with van der Waals surface area (Å²) >= 11 is 0. The molecule has 0 radical (unpaired) electrons. The zero-order chi connectivity index (χ0) is 12.0. The van der Waals surface area contributed by atoms with Crippen LogP contribution in [-0.2, 0) is 4.79 Å². The number of likely N-dealkylation sites (tertiary alicyclic amines) is 1. The van der Waals surface area contributed by atoms with E-state index in [9.17, 15) is 4.79 Å². The average molecular weight is 224 g/mol. The van der Waals surface area contributed by atoms with Gasteiger partial charge in [0.25, 0.3) is 0 Å². The van der Waals surface area contributed by atoms with E-state index in [0.717, 1.165) is 51.0 Å². The molecule has 1 atom stereocenters. The van der Waals surface area contributed by atoms with Gasteiger partial charge in [0.2, 0.25) is 5.91 Å². The predicted octanol–water partition coefficient (Wildman–Crippen LogP) is 1.80. The summed E-state index contributed by atoms with van der Waals surface area (Å²) in [6.45, 7) is 11.8. The average Bonchev–Trinajstić information content (AvgIpc) is 2.60. The van der Waals surface area contributed by atoms with E-state index in [0.29, 0.717) is 11.8 Å². The zero-order valence-corrected chi connectivity index (χ0v) is 10.6. The van der Waals surface area contributed by atoms with Crippen LogP contribution in [0.3, 0.4) is 0 Å². The van der Waals surface area contributed by atoms with E-state index in [-0.39, 0.29) is 0 Å². The van der Waals surface area contributed by atoms with Crippen LogP contribution in [0.2, 0.25) is 0 Å². The molecule has 0 bridgehead atoms. The van der Waals surface area contributed by atoms with Crippen molar-refractivity contribution in [1.29, 1.82) is 0 Å². The van der Waals surface area contributed by atoms with Crippen molar-refractivity contribution >= 4 is 5.91 Å². The van der Waals surface area contributed by atoms with Crippen LogP contribution < -0.4 is 5.32 Å². The number of hydrogen-bond acceptors (Lipinski definition) is 2. The van der Waals surface area contributed by atoms with Gasteiger partial charge in [-0.2, -0.15) is 0 Å². The molecule has 1 N–H and O–H groups in total. The molecule has 1 rings (SSSR count). The molecule has 1 unspecified atom stereocenters. The van der Waals surface area contributed by atoms with Gasteiger partial charge in [0, 0.05) is 26.1 Å². The summed E-state index contributed by atoms with van der Waals surface area (Å²) in [5.41, 5.74) is 1.11. The smallest absolute Gasteiger partial charge is 0.223 e. The lowest BCUT2D eigenvalue weighted by Gasteiger charge is -2.18. The Morgan fingerprint density at radius 1 is 1.56 bits per heavy atom. The molecule has 0 aliphatic carbocycles. The van der Waals surface area contributed by atoms with Gasteiger partial charge in [-0.15, -0.1) is 0 Å². The minimum Gasteiger partial charge on any atom is -0.338 e. The van der Waals surface area contributed by atoms with E-state index in [1.54, 1.807) is 0 Å². The number of carbonyl (C=O) groups is 1. The number of carbonyl (C=O) groups excluding carboxylic acids is 1. The molecule has 0 saturated carbocycles. The molecule has 1 fully saturated rings. The van der Waals surface area contributed by atoms with Gasteiger partial charge in [0.15, 0.2) is 0 Å². The van der Waals surface area contributed by atoms with Crippen LogP contribution in [0, 0.1) is 5.92 Å². The van der Waals surface area contributed by atoms with E-state index < -0.39 is 0 Å². The van der Waals surface area contributed by atoms with Gasteiger partial charge in [-0.25, -0.2) is 0 Å². The number of nitrogens with one attached hydrogen (secondary N) is 1. The van der Waals surface area contributed by atoms with Gasteiger partial charge in [-0.1, -0.05) is 26.8 Å². The predicted molar refractivity (Wildman–Crippen MR) is 67.3 cm³/mol. The Kier molecular flexibility index (Phi) is 5.53. The first-order valence-electron chi connectivity index (χ1n) is 6.32. The van der Waals surface area contributed by atoms with Gasteiger partial charge < -0.3 is 10.2 Å². The monoisotopic (exact) mass is 224 g/mol. The van der Waals surface area contributed by atoms with Crippen molar-refractivity contribution in [3.63, 3.8) is 0 Å².